The molecule has 0 radical (unpaired) electrons. The topological polar surface area (TPSA) is 15.3 Å². The molecule has 0 aromatic heterocycles. The Bertz CT molecular complexity index is 181. The average molecular weight is 210 g/mol. The Balaban J connectivity index is 1.81. The SMILES string of the molecule is CCCN(C1CCC(NC)CC1)C1CC1. The molecule has 0 amide bonds. The van der Waals surface area contributed by atoms with Crippen molar-refractivity contribution in [1.82, 2.24) is 10.2 Å². The van der Waals surface area contributed by atoms with Crippen molar-refractivity contribution in [2.24, 2.45) is 0 Å². The van der Waals surface area contributed by atoms with Gasteiger partial charge in [-0.1, -0.05) is 6.92 Å². The summed E-state index contributed by atoms with van der Waals surface area (Å²) in [6.45, 7) is 3.65. The zero-order valence-corrected chi connectivity index (χ0v) is 10.3. The molecule has 2 aliphatic rings. The van der Waals surface area contributed by atoms with Gasteiger partial charge in [-0.2, -0.15) is 0 Å². The average Bonchev–Trinajstić information content (AvgIpc) is 3.10. The van der Waals surface area contributed by atoms with E-state index in [9.17, 15) is 0 Å². The van der Waals surface area contributed by atoms with Gasteiger partial charge < -0.3 is 5.32 Å². The number of hydrogen-bond donors (Lipinski definition) is 1. The molecule has 15 heavy (non-hydrogen) atoms. The fraction of sp³-hybridized carbons (Fsp3) is 1.00. The highest BCUT2D eigenvalue weighted by Gasteiger charge is 2.34. The van der Waals surface area contributed by atoms with Crippen LogP contribution < -0.4 is 5.32 Å². The summed E-state index contributed by atoms with van der Waals surface area (Å²) >= 11 is 0. The lowest BCUT2D eigenvalue weighted by atomic mass is 9.90. The minimum absolute atomic E-state index is 0.795. The third kappa shape index (κ3) is 2.94. The van der Waals surface area contributed by atoms with E-state index in [4.69, 9.17) is 0 Å². The first-order chi connectivity index (χ1) is 7.35. The molecule has 0 aliphatic heterocycles. The molecule has 0 atom stereocenters. The second-order valence-electron chi connectivity index (χ2n) is 5.26. The third-order valence-electron chi connectivity index (χ3n) is 4.07. The van der Waals surface area contributed by atoms with Gasteiger partial charge in [-0.3, -0.25) is 4.90 Å². The molecular weight excluding hydrogens is 184 g/mol. The minimum Gasteiger partial charge on any atom is -0.317 e. The highest BCUT2D eigenvalue weighted by Crippen LogP contribution is 2.33. The molecule has 2 rings (SSSR count). The first kappa shape index (κ1) is 11.4. The molecule has 1 N–H and O–H groups in total. The molecule has 0 unspecified atom stereocenters. The molecule has 2 heteroatoms. The fourth-order valence-electron chi connectivity index (χ4n) is 3.02. The van der Waals surface area contributed by atoms with Gasteiger partial charge in [-0.15, -0.1) is 0 Å². The highest BCUT2D eigenvalue weighted by atomic mass is 15.2. The van der Waals surface area contributed by atoms with E-state index in [2.05, 4.69) is 24.2 Å². The lowest BCUT2D eigenvalue weighted by molar-refractivity contribution is 0.136. The van der Waals surface area contributed by atoms with Crippen molar-refractivity contribution < 1.29 is 0 Å². The lowest BCUT2D eigenvalue weighted by Crippen LogP contribution is -2.43. The van der Waals surface area contributed by atoms with Crippen LogP contribution in [0.4, 0.5) is 0 Å². The van der Waals surface area contributed by atoms with E-state index in [0.29, 0.717) is 0 Å². The van der Waals surface area contributed by atoms with Crippen molar-refractivity contribution in [2.75, 3.05) is 13.6 Å². The molecular formula is C13H26N2. The summed E-state index contributed by atoms with van der Waals surface area (Å²) in [6, 6.07) is 2.66. The fourth-order valence-corrected chi connectivity index (χ4v) is 3.02. The van der Waals surface area contributed by atoms with E-state index in [1.54, 1.807) is 0 Å². The summed E-state index contributed by atoms with van der Waals surface area (Å²) in [4.78, 5) is 2.81. The molecule has 0 heterocycles. The Kier molecular flexibility index (Phi) is 4.04. The van der Waals surface area contributed by atoms with Crippen molar-refractivity contribution in [1.29, 1.82) is 0 Å². The molecule has 0 aromatic carbocycles. The summed E-state index contributed by atoms with van der Waals surface area (Å²) in [6.07, 6.45) is 9.85. The zero-order valence-electron chi connectivity index (χ0n) is 10.3. The first-order valence-corrected chi connectivity index (χ1v) is 6.78. The first-order valence-electron chi connectivity index (χ1n) is 6.78. The molecule has 2 nitrogen and oxygen atoms in total. The van der Waals surface area contributed by atoms with Crippen LogP contribution in [0.5, 0.6) is 0 Å². The van der Waals surface area contributed by atoms with Crippen LogP contribution in [-0.4, -0.2) is 36.6 Å². The van der Waals surface area contributed by atoms with E-state index in [0.717, 1.165) is 18.1 Å². The molecule has 0 bridgehead atoms. The second-order valence-corrected chi connectivity index (χ2v) is 5.26. The van der Waals surface area contributed by atoms with Gasteiger partial charge in [-0.25, -0.2) is 0 Å². The van der Waals surface area contributed by atoms with Gasteiger partial charge in [0, 0.05) is 18.1 Å². The Labute approximate surface area is 94.4 Å². The van der Waals surface area contributed by atoms with Crippen LogP contribution in [0.3, 0.4) is 0 Å². The quantitative estimate of drug-likeness (QED) is 0.749. The molecule has 88 valence electrons. The predicted molar refractivity (Wildman–Crippen MR) is 65.1 cm³/mol. The Morgan fingerprint density at radius 2 is 1.53 bits per heavy atom. The maximum Gasteiger partial charge on any atom is 0.00993 e. The van der Waals surface area contributed by atoms with E-state index in [1.807, 2.05) is 0 Å². The van der Waals surface area contributed by atoms with Gasteiger partial charge in [0.25, 0.3) is 0 Å². The summed E-state index contributed by atoms with van der Waals surface area (Å²) in [5, 5.41) is 3.42. The molecule has 0 saturated heterocycles. The van der Waals surface area contributed by atoms with Gasteiger partial charge in [0.1, 0.15) is 0 Å². The van der Waals surface area contributed by atoms with Crippen LogP contribution in [0, 0.1) is 0 Å². The van der Waals surface area contributed by atoms with Crippen LogP contribution in [0.2, 0.25) is 0 Å². The van der Waals surface area contributed by atoms with Crippen molar-refractivity contribution in [3.8, 4) is 0 Å². The molecule has 2 aliphatic carbocycles. The molecule has 2 fully saturated rings. The van der Waals surface area contributed by atoms with Gasteiger partial charge >= 0.3 is 0 Å². The van der Waals surface area contributed by atoms with Crippen molar-refractivity contribution >= 4 is 0 Å². The van der Waals surface area contributed by atoms with Gasteiger partial charge in [0.15, 0.2) is 0 Å². The van der Waals surface area contributed by atoms with Crippen LogP contribution >= 0.6 is 0 Å². The van der Waals surface area contributed by atoms with Crippen LogP contribution in [0.15, 0.2) is 0 Å². The van der Waals surface area contributed by atoms with E-state index in [1.165, 1.54) is 51.5 Å². The normalized spacial score (nSPS) is 32.2. The molecule has 2 saturated carbocycles. The summed E-state index contributed by atoms with van der Waals surface area (Å²) in [5.41, 5.74) is 0. The second kappa shape index (κ2) is 5.31. The molecule has 0 aromatic rings. The van der Waals surface area contributed by atoms with Crippen LogP contribution in [0.25, 0.3) is 0 Å². The standard InChI is InChI=1S/C13H26N2/c1-3-10-15(13-8-9-13)12-6-4-11(14-2)5-7-12/h11-14H,3-10H2,1-2H3. The lowest BCUT2D eigenvalue weighted by Gasteiger charge is -2.37. The van der Waals surface area contributed by atoms with E-state index >= 15 is 0 Å². The largest absolute Gasteiger partial charge is 0.317 e. The van der Waals surface area contributed by atoms with Gasteiger partial charge in [0.05, 0.1) is 0 Å². The monoisotopic (exact) mass is 210 g/mol. The Morgan fingerprint density at radius 3 is 1.93 bits per heavy atom. The van der Waals surface area contributed by atoms with Crippen molar-refractivity contribution in [3.63, 3.8) is 0 Å². The molecule has 0 spiro atoms. The highest BCUT2D eigenvalue weighted by molar-refractivity contribution is 4.91. The van der Waals surface area contributed by atoms with Gasteiger partial charge in [-0.05, 0) is 58.5 Å². The summed E-state index contributed by atoms with van der Waals surface area (Å²) in [5.74, 6) is 0. The summed E-state index contributed by atoms with van der Waals surface area (Å²) < 4.78 is 0. The van der Waals surface area contributed by atoms with Crippen molar-refractivity contribution in [3.05, 3.63) is 0 Å². The Morgan fingerprint density at radius 1 is 1.00 bits per heavy atom. The third-order valence-corrected chi connectivity index (χ3v) is 4.07. The smallest absolute Gasteiger partial charge is 0.00993 e. The predicted octanol–water partition coefficient (Wildman–Crippen LogP) is 2.39. The van der Waals surface area contributed by atoms with Crippen LogP contribution in [-0.2, 0) is 0 Å². The number of rotatable bonds is 5. The number of nitrogens with one attached hydrogen (secondary N) is 1. The zero-order chi connectivity index (χ0) is 10.7. The van der Waals surface area contributed by atoms with Crippen LogP contribution in [0.1, 0.15) is 51.9 Å². The van der Waals surface area contributed by atoms with E-state index in [-0.39, 0.29) is 0 Å². The van der Waals surface area contributed by atoms with Gasteiger partial charge in [0.2, 0.25) is 0 Å². The number of hydrogen-bond acceptors (Lipinski definition) is 2. The Hall–Kier alpha value is -0.0800. The van der Waals surface area contributed by atoms with Crippen molar-refractivity contribution in [2.45, 2.75) is 70.0 Å². The maximum absolute atomic E-state index is 3.42. The number of nitrogens with zero attached hydrogens (tertiary/aromatic N) is 1. The van der Waals surface area contributed by atoms with E-state index < -0.39 is 0 Å². The maximum atomic E-state index is 3.42. The summed E-state index contributed by atoms with van der Waals surface area (Å²) in [7, 11) is 2.11. The minimum atomic E-state index is 0.795.